The van der Waals surface area contributed by atoms with Crippen molar-refractivity contribution in [2.24, 2.45) is 12.5 Å². The van der Waals surface area contributed by atoms with Crippen molar-refractivity contribution in [1.29, 1.82) is 0 Å². The molecule has 0 radical (unpaired) electrons. The first-order valence-corrected chi connectivity index (χ1v) is 6.51. The second-order valence-corrected chi connectivity index (χ2v) is 6.00. The van der Waals surface area contributed by atoms with E-state index in [0.29, 0.717) is 6.04 Å². The number of hydrogen-bond acceptors (Lipinski definition) is 2. The summed E-state index contributed by atoms with van der Waals surface area (Å²) in [6.45, 7) is 6.79. The number of likely N-dealkylation sites (N-methyl/N-ethyl adjacent to an activating group) is 1. The van der Waals surface area contributed by atoms with Gasteiger partial charge in [0.1, 0.15) is 0 Å². The quantitative estimate of drug-likeness (QED) is 0.901. The molecule has 0 spiro atoms. The lowest BCUT2D eigenvalue weighted by molar-refractivity contribution is 0.278. The van der Waals surface area contributed by atoms with Crippen LogP contribution in [0.15, 0.2) is 24.3 Å². The highest BCUT2D eigenvalue weighted by molar-refractivity contribution is 5.81. The number of fused-ring (bicyclic) bond motifs is 1. The van der Waals surface area contributed by atoms with Crippen LogP contribution in [0.5, 0.6) is 0 Å². The lowest BCUT2D eigenvalue weighted by Crippen LogP contribution is -2.39. The van der Waals surface area contributed by atoms with Gasteiger partial charge >= 0.3 is 0 Å². The molecule has 3 heteroatoms. The fourth-order valence-electron chi connectivity index (χ4n) is 2.47. The zero-order chi connectivity index (χ0) is 13.3. The van der Waals surface area contributed by atoms with E-state index in [1.165, 1.54) is 16.6 Å². The third-order valence-corrected chi connectivity index (χ3v) is 3.63. The minimum Gasteiger partial charge on any atom is -0.316 e. The van der Waals surface area contributed by atoms with Crippen molar-refractivity contribution >= 4 is 10.9 Å². The third-order valence-electron chi connectivity index (χ3n) is 3.63. The number of aromatic nitrogens is 2. The van der Waals surface area contributed by atoms with Gasteiger partial charge in [0.05, 0.1) is 11.2 Å². The molecule has 0 aliphatic heterocycles. The first-order chi connectivity index (χ1) is 8.43. The van der Waals surface area contributed by atoms with Gasteiger partial charge in [0.25, 0.3) is 0 Å². The number of nitrogens with one attached hydrogen (secondary N) is 1. The minimum atomic E-state index is 0.230. The first kappa shape index (κ1) is 13.1. The molecule has 1 unspecified atom stereocenters. The van der Waals surface area contributed by atoms with Gasteiger partial charge in [-0.1, -0.05) is 39.0 Å². The van der Waals surface area contributed by atoms with E-state index >= 15 is 0 Å². The van der Waals surface area contributed by atoms with Crippen LogP contribution in [-0.2, 0) is 13.5 Å². The predicted molar refractivity (Wildman–Crippen MR) is 76.7 cm³/mol. The van der Waals surface area contributed by atoms with Crippen molar-refractivity contribution < 1.29 is 0 Å². The van der Waals surface area contributed by atoms with Gasteiger partial charge in [-0.2, -0.15) is 5.10 Å². The maximum atomic E-state index is 4.67. The Morgan fingerprint density at radius 2 is 1.94 bits per heavy atom. The number of nitrogens with zero attached hydrogens (tertiary/aromatic N) is 2. The highest BCUT2D eigenvalue weighted by Gasteiger charge is 2.25. The molecule has 2 aromatic rings. The summed E-state index contributed by atoms with van der Waals surface area (Å²) in [5.41, 5.74) is 2.62. The van der Waals surface area contributed by atoms with Crippen LogP contribution < -0.4 is 5.32 Å². The summed E-state index contributed by atoms with van der Waals surface area (Å²) in [4.78, 5) is 0. The Bertz CT molecular complexity index is 534. The molecule has 0 fully saturated rings. The number of hydrogen-bond donors (Lipinski definition) is 1. The van der Waals surface area contributed by atoms with Crippen molar-refractivity contribution in [3.63, 3.8) is 0 Å². The molecule has 18 heavy (non-hydrogen) atoms. The van der Waals surface area contributed by atoms with E-state index in [4.69, 9.17) is 0 Å². The average molecular weight is 245 g/mol. The Morgan fingerprint density at radius 3 is 2.56 bits per heavy atom. The summed E-state index contributed by atoms with van der Waals surface area (Å²) in [6, 6.07) is 8.85. The molecule has 0 aliphatic carbocycles. The van der Waals surface area contributed by atoms with E-state index in [1.807, 2.05) is 18.8 Å². The van der Waals surface area contributed by atoms with Crippen LogP contribution in [0.1, 0.15) is 26.5 Å². The van der Waals surface area contributed by atoms with Crippen molar-refractivity contribution in [2.45, 2.75) is 33.2 Å². The molecule has 1 aromatic heterocycles. The Hall–Kier alpha value is -1.35. The molecule has 0 amide bonds. The topological polar surface area (TPSA) is 29.9 Å². The molecule has 0 bridgehead atoms. The maximum Gasteiger partial charge on any atom is 0.0718 e. The van der Waals surface area contributed by atoms with E-state index < -0.39 is 0 Å². The lowest BCUT2D eigenvalue weighted by atomic mass is 9.84. The van der Waals surface area contributed by atoms with Crippen LogP contribution in [0.2, 0.25) is 0 Å². The summed E-state index contributed by atoms with van der Waals surface area (Å²) in [5.74, 6) is 0. The molecular weight excluding hydrogens is 222 g/mol. The molecule has 2 rings (SSSR count). The summed E-state index contributed by atoms with van der Waals surface area (Å²) >= 11 is 0. The summed E-state index contributed by atoms with van der Waals surface area (Å²) in [5, 5.41) is 9.35. The standard InChI is InChI=1S/C15H23N3/c1-15(2,3)14(16-4)10-12-11-8-6-7-9-13(11)18(5)17-12/h6-9,14,16H,10H2,1-5H3. The normalized spacial score (nSPS) is 14.1. The summed E-state index contributed by atoms with van der Waals surface area (Å²) < 4.78 is 1.97. The van der Waals surface area contributed by atoms with Gasteiger partial charge in [0.15, 0.2) is 0 Å². The Kier molecular flexibility index (Phi) is 3.44. The highest BCUT2D eigenvalue weighted by atomic mass is 15.3. The predicted octanol–water partition coefficient (Wildman–Crippen LogP) is 2.75. The lowest BCUT2D eigenvalue weighted by Gasteiger charge is -2.29. The van der Waals surface area contributed by atoms with Gasteiger partial charge in [0.2, 0.25) is 0 Å². The molecule has 0 aliphatic rings. The molecule has 1 heterocycles. The second kappa shape index (κ2) is 4.73. The van der Waals surface area contributed by atoms with Gasteiger partial charge in [-0.05, 0) is 18.5 Å². The molecule has 98 valence electrons. The molecule has 1 N–H and O–H groups in total. The Morgan fingerprint density at radius 1 is 1.28 bits per heavy atom. The van der Waals surface area contributed by atoms with E-state index in [0.717, 1.165) is 6.42 Å². The minimum absolute atomic E-state index is 0.230. The van der Waals surface area contributed by atoms with Crippen molar-refractivity contribution in [2.75, 3.05) is 7.05 Å². The largest absolute Gasteiger partial charge is 0.316 e. The number of benzene rings is 1. The van der Waals surface area contributed by atoms with Crippen LogP contribution in [0.3, 0.4) is 0 Å². The fourth-order valence-corrected chi connectivity index (χ4v) is 2.47. The number of aryl methyl sites for hydroxylation is 1. The first-order valence-electron chi connectivity index (χ1n) is 6.51. The maximum absolute atomic E-state index is 4.67. The molecule has 0 saturated heterocycles. The molecule has 3 nitrogen and oxygen atoms in total. The van der Waals surface area contributed by atoms with Gasteiger partial charge in [-0.3, -0.25) is 4.68 Å². The average Bonchev–Trinajstić information content (AvgIpc) is 2.62. The van der Waals surface area contributed by atoms with Crippen LogP contribution in [0.4, 0.5) is 0 Å². The SMILES string of the molecule is CNC(Cc1nn(C)c2ccccc12)C(C)(C)C. The molecule has 0 saturated carbocycles. The highest BCUT2D eigenvalue weighted by Crippen LogP contribution is 2.25. The van der Waals surface area contributed by atoms with Crippen molar-refractivity contribution in [1.82, 2.24) is 15.1 Å². The van der Waals surface area contributed by atoms with Crippen LogP contribution in [-0.4, -0.2) is 22.9 Å². The third kappa shape index (κ3) is 2.41. The van der Waals surface area contributed by atoms with Gasteiger partial charge in [-0.15, -0.1) is 0 Å². The second-order valence-electron chi connectivity index (χ2n) is 6.00. The van der Waals surface area contributed by atoms with E-state index in [1.54, 1.807) is 0 Å². The molecular formula is C15H23N3. The Labute approximate surface area is 109 Å². The van der Waals surface area contributed by atoms with Crippen LogP contribution in [0, 0.1) is 5.41 Å². The summed E-state index contributed by atoms with van der Waals surface area (Å²) in [6.07, 6.45) is 0.960. The van der Waals surface area contributed by atoms with Crippen molar-refractivity contribution in [3.05, 3.63) is 30.0 Å². The Balaban J connectivity index is 2.37. The molecule has 1 aromatic carbocycles. The van der Waals surface area contributed by atoms with Gasteiger partial charge < -0.3 is 5.32 Å². The monoisotopic (exact) mass is 245 g/mol. The van der Waals surface area contributed by atoms with Crippen LogP contribution in [0.25, 0.3) is 10.9 Å². The molecule has 1 atom stereocenters. The summed E-state index contributed by atoms with van der Waals surface area (Å²) in [7, 11) is 4.04. The van der Waals surface area contributed by atoms with Gasteiger partial charge in [-0.25, -0.2) is 0 Å². The fraction of sp³-hybridized carbons (Fsp3) is 0.533. The zero-order valence-electron chi connectivity index (χ0n) is 12.0. The van der Waals surface area contributed by atoms with E-state index in [-0.39, 0.29) is 5.41 Å². The smallest absolute Gasteiger partial charge is 0.0718 e. The van der Waals surface area contributed by atoms with Crippen molar-refractivity contribution in [3.8, 4) is 0 Å². The number of para-hydroxylation sites is 1. The number of rotatable bonds is 3. The van der Waals surface area contributed by atoms with E-state index in [9.17, 15) is 0 Å². The van der Waals surface area contributed by atoms with Gasteiger partial charge in [0, 0.05) is 24.9 Å². The zero-order valence-corrected chi connectivity index (χ0v) is 12.0. The van der Waals surface area contributed by atoms with E-state index in [2.05, 4.69) is 55.5 Å². The van der Waals surface area contributed by atoms with Crippen LogP contribution >= 0.6 is 0 Å².